The SMILES string of the molecule is CCN(CCN(C)C)c1ncc(C(=O)O)cc1NS(=O)(=O)c1cccc(F)c1.O=C(O)C(F)(F)F. The molecule has 0 spiro atoms. The molecule has 15 heteroatoms. The predicted octanol–water partition coefficient (Wildman–Crippen LogP) is 2.74. The van der Waals surface area contributed by atoms with Gasteiger partial charge in [0.05, 0.1) is 16.1 Å². The number of likely N-dealkylation sites (N-methyl/N-ethyl adjacent to an activating group) is 2. The Bertz CT molecular complexity index is 1140. The number of hydrogen-bond donors (Lipinski definition) is 3. The largest absolute Gasteiger partial charge is 0.490 e. The first-order valence-electron chi connectivity index (χ1n) is 9.80. The fourth-order valence-corrected chi connectivity index (χ4v) is 3.56. The molecule has 2 aromatic rings. The molecule has 0 aliphatic rings. The van der Waals surface area contributed by atoms with E-state index in [9.17, 15) is 35.9 Å². The zero-order valence-corrected chi connectivity index (χ0v) is 19.7. The first kappa shape index (κ1) is 29.6. The Labute approximate surface area is 198 Å². The molecule has 0 saturated carbocycles. The number of sulfonamides is 1. The highest BCUT2D eigenvalue weighted by molar-refractivity contribution is 7.92. The number of hydrogen-bond acceptors (Lipinski definition) is 7. The summed E-state index contributed by atoms with van der Waals surface area (Å²) in [7, 11) is -0.324. The summed E-state index contributed by atoms with van der Waals surface area (Å²) in [5.74, 6) is -4.38. The van der Waals surface area contributed by atoms with Crippen molar-refractivity contribution in [2.24, 2.45) is 0 Å². The molecule has 35 heavy (non-hydrogen) atoms. The molecular weight excluding hydrogens is 500 g/mol. The van der Waals surface area contributed by atoms with Crippen molar-refractivity contribution in [2.75, 3.05) is 43.4 Å². The molecule has 0 aliphatic carbocycles. The van der Waals surface area contributed by atoms with Crippen LogP contribution >= 0.6 is 0 Å². The lowest BCUT2D eigenvalue weighted by Crippen LogP contribution is -2.33. The Morgan fingerprint density at radius 2 is 1.71 bits per heavy atom. The third-order valence-electron chi connectivity index (χ3n) is 4.21. The van der Waals surface area contributed by atoms with E-state index in [0.717, 1.165) is 12.1 Å². The number of aromatic carboxylic acids is 1. The second-order valence-corrected chi connectivity index (χ2v) is 8.83. The van der Waals surface area contributed by atoms with Crippen molar-refractivity contribution in [3.63, 3.8) is 0 Å². The minimum atomic E-state index is -5.08. The number of rotatable bonds is 9. The van der Waals surface area contributed by atoms with Crippen molar-refractivity contribution in [2.45, 2.75) is 18.0 Å². The number of alkyl halides is 3. The van der Waals surface area contributed by atoms with Crippen LogP contribution in [0.25, 0.3) is 0 Å². The van der Waals surface area contributed by atoms with Crippen molar-refractivity contribution < 1.29 is 45.8 Å². The number of benzene rings is 1. The normalized spacial score (nSPS) is 11.4. The van der Waals surface area contributed by atoms with Gasteiger partial charge in [-0.3, -0.25) is 4.72 Å². The summed E-state index contributed by atoms with van der Waals surface area (Å²) in [6.07, 6.45) is -3.91. The molecule has 10 nitrogen and oxygen atoms in total. The van der Waals surface area contributed by atoms with E-state index in [0.29, 0.717) is 25.5 Å². The van der Waals surface area contributed by atoms with Crippen molar-refractivity contribution >= 4 is 33.5 Å². The highest BCUT2D eigenvalue weighted by Gasteiger charge is 2.38. The topological polar surface area (TPSA) is 140 Å². The fourth-order valence-electron chi connectivity index (χ4n) is 2.47. The number of pyridine rings is 1. The standard InChI is InChI=1S/C18H23FN4O4S.C2HF3O2/c1-4-23(9-8-22(2)3)17-16(10-13(12-20-17)18(24)25)21-28(26,27)15-7-5-6-14(19)11-15;3-2(4,5)1(6)7/h5-7,10-12,21H,4,8-9H2,1-3H3,(H,24,25);(H,6,7). The zero-order chi connectivity index (χ0) is 27.0. The average Bonchev–Trinajstić information content (AvgIpc) is 2.74. The molecule has 194 valence electrons. The van der Waals surface area contributed by atoms with Gasteiger partial charge in [-0.05, 0) is 45.3 Å². The van der Waals surface area contributed by atoms with E-state index in [4.69, 9.17) is 9.90 Å². The van der Waals surface area contributed by atoms with Gasteiger partial charge in [-0.2, -0.15) is 13.2 Å². The number of aromatic nitrogens is 1. The lowest BCUT2D eigenvalue weighted by molar-refractivity contribution is -0.192. The second kappa shape index (κ2) is 12.3. The number of nitrogens with one attached hydrogen (secondary N) is 1. The van der Waals surface area contributed by atoms with Crippen LogP contribution in [0.5, 0.6) is 0 Å². The molecule has 0 fully saturated rings. The summed E-state index contributed by atoms with van der Waals surface area (Å²) in [4.78, 5) is 27.9. The first-order chi connectivity index (χ1) is 16.1. The summed E-state index contributed by atoms with van der Waals surface area (Å²) in [6, 6.07) is 5.77. The van der Waals surface area contributed by atoms with Gasteiger partial charge in [0.1, 0.15) is 5.82 Å². The van der Waals surface area contributed by atoms with E-state index in [1.165, 1.54) is 24.4 Å². The number of aliphatic carboxylic acids is 1. The molecule has 0 amide bonds. The minimum absolute atomic E-state index is 0.0183. The van der Waals surface area contributed by atoms with E-state index in [-0.39, 0.29) is 16.1 Å². The quantitative estimate of drug-likeness (QED) is 0.423. The molecule has 0 atom stereocenters. The van der Waals surface area contributed by atoms with Gasteiger partial charge in [-0.1, -0.05) is 6.07 Å². The molecule has 0 radical (unpaired) electrons. The Morgan fingerprint density at radius 1 is 1.11 bits per heavy atom. The highest BCUT2D eigenvalue weighted by atomic mass is 32.2. The minimum Gasteiger partial charge on any atom is -0.478 e. The number of carboxylic acid groups (broad SMARTS) is 2. The van der Waals surface area contributed by atoms with E-state index >= 15 is 0 Å². The summed E-state index contributed by atoms with van der Waals surface area (Å²) >= 11 is 0. The number of anilines is 2. The molecule has 1 aromatic carbocycles. The molecule has 1 aromatic heterocycles. The second-order valence-electron chi connectivity index (χ2n) is 7.15. The Kier molecular flexibility index (Phi) is 10.4. The lowest BCUT2D eigenvalue weighted by atomic mass is 10.2. The third kappa shape index (κ3) is 9.36. The highest BCUT2D eigenvalue weighted by Crippen LogP contribution is 2.27. The summed E-state index contributed by atoms with van der Waals surface area (Å²) in [5, 5.41) is 16.4. The van der Waals surface area contributed by atoms with Gasteiger partial charge in [-0.25, -0.2) is 27.4 Å². The number of nitrogens with zero attached hydrogens (tertiary/aromatic N) is 3. The van der Waals surface area contributed by atoms with Crippen molar-refractivity contribution in [3.8, 4) is 0 Å². The van der Waals surface area contributed by atoms with Gasteiger partial charge in [-0.15, -0.1) is 0 Å². The summed E-state index contributed by atoms with van der Waals surface area (Å²) < 4.78 is 72.9. The Morgan fingerprint density at radius 3 is 2.17 bits per heavy atom. The van der Waals surface area contributed by atoms with Crippen LogP contribution < -0.4 is 9.62 Å². The third-order valence-corrected chi connectivity index (χ3v) is 5.57. The molecular formula is C20H24F4N4O6S. The summed E-state index contributed by atoms with van der Waals surface area (Å²) in [5.41, 5.74) is -0.144. The molecule has 0 bridgehead atoms. The van der Waals surface area contributed by atoms with Gasteiger partial charge >= 0.3 is 18.1 Å². The van der Waals surface area contributed by atoms with Crippen LogP contribution in [-0.2, 0) is 14.8 Å². The van der Waals surface area contributed by atoms with E-state index in [2.05, 4.69) is 9.71 Å². The molecule has 0 aliphatic heterocycles. The van der Waals surface area contributed by atoms with Crippen LogP contribution in [0.1, 0.15) is 17.3 Å². The van der Waals surface area contributed by atoms with Crippen molar-refractivity contribution in [1.29, 1.82) is 0 Å². The van der Waals surface area contributed by atoms with Crippen molar-refractivity contribution in [1.82, 2.24) is 9.88 Å². The Hall–Kier alpha value is -3.46. The number of halogens is 4. The summed E-state index contributed by atoms with van der Waals surface area (Å²) in [6.45, 7) is 3.65. The first-order valence-corrected chi connectivity index (χ1v) is 11.3. The van der Waals surface area contributed by atoms with Crippen LogP contribution in [0.4, 0.5) is 29.1 Å². The maximum absolute atomic E-state index is 13.4. The van der Waals surface area contributed by atoms with Crippen LogP contribution in [0, 0.1) is 5.82 Å². The zero-order valence-electron chi connectivity index (χ0n) is 18.9. The van der Waals surface area contributed by atoms with Gasteiger partial charge in [0.15, 0.2) is 5.82 Å². The average molecular weight is 524 g/mol. The molecule has 3 N–H and O–H groups in total. The smallest absolute Gasteiger partial charge is 0.478 e. The number of carbonyl (C=O) groups is 2. The van der Waals surface area contributed by atoms with Crippen LogP contribution in [0.3, 0.4) is 0 Å². The van der Waals surface area contributed by atoms with Gasteiger partial charge < -0.3 is 20.0 Å². The van der Waals surface area contributed by atoms with Crippen LogP contribution in [-0.4, -0.2) is 80.4 Å². The van der Waals surface area contributed by atoms with Gasteiger partial charge in [0.25, 0.3) is 10.0 Å². The van der Waals surface area contributed by atoms with E-state index in [1.54, 1.807) is 0 Å². The molecule has 2 rings (SSSR count). The number of carboxylic acids is 2. The maximum Gasteiger partial charge on any atom is 0.490 e. The lowest BCUT2D eigenvalue weighted by Gasteiger charge is -2.26. The molecule has 0 saturated heterocycles. The van der Waals surface area contributed by atoms with Crippen LogP contribution in [0.2, 0.25) is 0 Å². The molecule has 1 heterocycles. The van der Waals surface area contributed by atoms with Crippen molar-refractivity contribution in [3.05, 3.63) is 47.9 Å². The Balaban J connectivity index is 0.000000762. The maximum atomic E-state index is 13.4. The monoisotopic (exact) mass is 524 g/mol. The fraction of sp³-hybridized carbons (Fsp3) is 0.350. The van der Waals surface area contributed by atoms with E-state index < -0.39 is 34.0 Å². The van der Waals surface area contributed by atoms with Crippen LogP contribution in [0.15, 0.2) is 41.4 Å². The van der Waals surface area contributed by atoms with Gasteiger partial charge in [0, 0.05) is 25.8 Å². The van der Waals surface area contributed by atoms with Gasteiger partial charge in [0.2, 0.25) is 0 Å². The van der Waals surface area contributed by atoms with E-state index in [1.807, 2.05) is 30.8 Å². The molecule has 0 unspecified atom stereocenters. The predicted molar refractivity (Wildman–Crippen MR) is 119 cm³/mol.